The number of hydrogen-bond donors (Lipinski definition) is 1. The van der Waals surface area contributed by atoms with Crippen LogP contribution in [0.5, 0.6) is 0 Å². The molecule has 0 bridgehead atoms. The standard InChI is InChI=1S/C17H19FN4O5/c1-9-5-6-13(7-14(9)18)19-17(24)12(4)27-15(23)8-21-11(3)16(22(25)26)10(2)20-21/h5-7,12H,8H2,1-4H3,(H,19,24)/t12-/m0/s1. The molecule has 0 radical (unpaired) electrons. The van der Waals surface area contributed by atoms with Crippen molar-refractivity contribution in [2.45, 2.75) is 40.3 Å². The predicted molar refractivity (Wildman–Crippen MR) is 93.7 cm³/mol. The van der Waals surface area contributed by atoms with Crippen molar-refractivity contribution < 1.29 is 23.6 Å². The number of carbonyl (C=O) groups excluding carboxylic acids is 2. The molecule has 0 saturated carbocycles. The lowest BCUT2D eigenvalue weighted by molar-refractivity contribution is -0.386. The second-order valence-electron chi connectivity index (χ2n) is 6.02. The van der Waals surface area contributed by atoms with Gasteiger partial charge in [-0.1, -0.05) is 6.07 Å². The van der Waals surface area contributed by atoms with Crippen molar-refractivity contribution in [1.82, 2.24) is 9.78 Å². The average molecular weight is 378 g/mol. The Balaban J connectivity index is 1.98. The number of esters is 1. The number of ether oxygens (including phenoxy) is 1. The van der Waals surface area contributed by atoms with Crippen LogP contribution in [-0.2, 0) is 20.9 Å². The average Bonchev–Trinajstić information content (AvgIpc) is 2.84. The van der Waals surface area contributed by atoms with E-state index in [1.807, 2.05) is 0 Å². The Morgan fingerprint density at radius 2 is 2.04 bits per heavy atom. The van der Waals surface area contributed by atoms with Crippen LogP contribution in [-0.4, -0.2) is 32.7 Å². The van der Waals surface area contributed by atoms with Crippen LogP contribution in [0.25, 0.3) is 0 Å². The minimum Gasteiger partial charge on any atom is -0.451 e. The highest BCUT2D eigenvalue weighted by Crippen LogP contribution is 2.21. The van der Waals surface area contributed by atoms with E-state index in [-0.39, 0.29) is 29.3 Å². The van der Waals surface area contributed by atoms with Crippen LogP contribution in [0, 0.1) is 36.7 Å². The van der Waals surface area contributed by atoms with Crippen molar-refractivity contribution in [3.05, 3.63) is 51.1 Å². The summed E-state index contributed by atoms with van der Waals surface area (Å²) < 4.78 is 19.7. The fraction of sp³-hybridized carbons (Fsp3) is 0.353. The van der Waals surface area contributed by atoms with Gasteiger partial charge in [-0.05, 0) is 45.4 Å². The molecule has 1 heterocycles. The SMILES string of the molecule is Cc1ccc(NC(=O)[C@H](C)OC(=O)Cn2nc(C)c([N+](=O)[O-])c2C)cc1F. The van der Waals surface area contributed by atoms with Gasteiger partial charge in [-0.2, -0.15) is 5.10 Å². The highest BCUT2D eigenvalue weighted by molar-refractivity contribution is 5.95. The number of amides is 1. The van der Waals surface area contributed by atoms with Gasteiger partial charge >= 0.3 is 11.7 Å². The zero-order valence-corrected chi connectivity index (χ0v) is 15.3. The molecule has 2 aromatic rings. The Hall–Kier alpha value is -3.30. The second kappa shape index (κ2) is 7.94. The van der Waals surface area contributed by atoms with E-state index in [1.165, 1.54) is 32.9 Å². The minimum atomic E-state index is -1.14. The van der Waals surface area contributed by atoms with Crippen LogP contribution < -0.4 is 5.32 Å². The Labute approximate surface area is 154 Å². The second-order valence-corrected chi connectivity index (χ2v) is 6.02. The summed E-state index contributed by atoms with van der Waals surface area (Å²) in [4.78, 5) is 34.5. The third-order valence-electron chi connectivity index (χ3n) is 3.92. The van der Waals surface area contributed by atoms with Crippen molar-refractivity contribution in [1.29, 1.82) is 0 Å². The quantitative estimate of drug-likeness (QED) is 0.469. The van der Waals surface area contributed by atoms with Gasteiger partial charge in [0.2, 0.25) is 0 Å². The molecule has 2 rings (SSSR count). The van der Waals surface area contributed by atoms with E-state index in [2.05, 4.69) is 10.4 Å². The number of anilines is 1. The Morgan fingerprint density at radius 1 is 1.37 bits per heavy atom. The molecular formula is C17H19FN4O5. The number of halogens is 1. The van der Waals surface area contributed by atoms with Crippen LogP contribution in [0.4, 0.5) is 15.8 Å². The van der Waals surface area contributed by atoms with Crippen molar-refractivity contribution in [2.75, 3.05) is 5.32 Å². The maximum Gasteiger partial charge on any atom is 0.328 e. The van der Waals surface area contributed by atoms with E-state index in [4.69, 9.17) is 4.74 Å². The number of benzene rings is 1. The zero-order valence-electron chi connectivity index (χ0n) is 15.3. The molecular weight excluding hydrogens is 359 g/mol. The summed E-state index contributed by atoms with van der Waals surface area (Å²) in [6.07, 6.45) is -1.14. The van der Waals surface area contributed by atoms with Crippen molar-refractivity contribution in [3.8, 4) is 0 Å². The molecule has 144 valence electrons. The molecule has 1 atom stereocenters. The third kappa shape index (κ3) is 4.66. The topological polar surface area (TPSA) is 116 Å². The molecule has 1 aromatic heterocycles. The van der Waals surface area contributed by atoms with Gasteiger partial charge in [-0.25, -0.2) is 4.39 Å². The molecule has 0 aliphatic carbocycles. The largest absolute Gasteiger partial charge is 0.451 e. The van der Waals surface area contributed by atoms with Gasteiger partial charge in [-0.15, -0.1) is 0 Å². The number of aryl methyl sites for hydroxylation is 2. The minimum absolute atomic E-state index is 0.171. The maximum atomic E-state index is 13.5. The van der Waals surface area contributed by atoms with Gasteiger partial charge in [0.25, 0.3) is 5.91 Å². The van der Waals surface area contributed by atoms with Crippen molar-refractivity contribution >= 4 is 23.3 Å². The molecule has 1 aromatic carbocycles. The first-order valence-corrected chi connectivity index (χ1v) is 8.05. The fourth-order valence-corrected chi connectivity index (χ4v) is 2.43. The lowest BCUT2D eigenvalue weighted by atomic mass is 10.2. The molecule has 0 aliphatic heterocycles. The van der Waals surface area contributed by atoms with E-state index in [0.29, 0.717) is 5.56 Å². The first kappa shape index (κ1) is 20.0. The highest BCUT2D eigenvalue weighted by Gasteiger charge is 2.24. The summed E-state index contributed by atoms with van der Waals surface area (Å²) in [6, 6.07) is 4.20. The van der Waals surface area contributed by atoms with Crippen LogP contribution in [0.15, 0.2) is 18.2 Å². The summed E-state index contributed by atoms with van der Waals surface area (Å²) >= 11 is 0. The molecule has 9 nitrogen and oxygen atoms in total. The van der Waals surface area contributed by atoms with E-state index in [0.717, 1.165) is 10.7 Å². The highest BCUT2D eigenvalue weighted by atomic mass is 19.1. The summed E-state index contributed by atoms with van der Waals surface area (Å²) in [5, 5.41) is 17.4. The van der Waals surface area contributed by atoms with E-state index < -0.39 is 28.7 Å². The molecule has 10 heteroatoms. The van der Waals surface area contributed by atoms with Crippen LogP contribution in [0.1, 0.15) is 23.9 Å². The van der Waals surface area contributed by atoms with E-state index >= 15 is 0 Å². The van der Waals surface area contributed by atoms with Crippen molar-refractivity contribution in [3.63, 3.8) is 0 Å². The molecule has 0 saturated heterocycles. The molecule has 0 aliphatic rings. The fourth-order valence-electron chi connectivity index (χ4n) is 2.43. The predicted octanol–water partition coefficient (Wildman–Crippen LogP) is 2.43. The molecule has 27 heavy (non-hydrogen) atoms. The van der Waals surface area contributed by atoms with Gasteiger partial charge in [-0.3, -0.25) is 24.4 Å². The molecule has 0 unspecified atom stereocenters. The van der Waals surface area contributed by atoms with Gasteiger partial charge in [0.15, 0.2) is 6.10 Å². The van der Waals surface area contributed by atoms with Gasteiger partial charge < -0.3 is 10.1 Å². The lowest BCUT2D eigenvalue weighted by Gasteiger charge is -2.14. The van der Waals surface area contributed by atoms with Crippen molar-refractivity contribution in [2.24, 2.45) is 0 Å². The van der Waals surface area contributed by atoms with Crippen LogP contribution in [0.2, 0.25) is 0 Å². The summed E-state index contributed by atoms with van der Waals surface area (Å²) in [7, 11) is 0. The monoisotopic (exact) mass is 378 g/mol. The Bertz CT molecular complexity index is 909. The number of nitrogens with zero attached hydrogens (tertiary/aromatic N) is 3. The van der Waals surface area contributed by atoms with Crippen LogP contribution in [0.3, 0.4) is 0 Å². The number of nitro groups is 1. The Morgan fingerprint density at radius 3 is 2.59 bits per heavy atom. The number of hydrogen-bond acceptors (Lipinski definition) is 6. The lowest BCUT2D eigenvalue weighted by Crippen LogP contribution is -2.31. The first-order valence-electron chi connectivity index (χ1n) is 8.05. The van der Waals surface area contributed by atoms with E-state index in [1.54, 1.807) is 6.92 Å². The molecule has 1 amide bonds. The smallest absolute Gasteiger partial charge is 0.328 e. The summed E-state index contributed by atoms with van der Waals surface area (Å²) in [5.74, 6) is -1.89. The number of rotatable bonds is 6. The number of carbonyl (C=O) groups is 2. The number of aromatic nitrogens is 2. The molecule has 1 N–H and O–H groups in total. The number of nitrogens with one attached hydrogen (secondary N) is 1. The van der Waals surface area contributed by atoms with E-state index in [9.17, 15) is 24.1 Å². The molecule has 0 fully saturated rings. The zero-order chi connectivity index (χ0) is 20.3. The maximum absolute atomic E-state index is 13.5. The van der Waals surface area contributed by atoms with Crippen LogP contribution >= 0.6 is 0 Å². The van der Waals surface area contributed by atoms with Gasteiger partial charge in [0, 0.05) is 5.69 Å². The normalized spacial score (nSPS) is 11.7. The summed E-state index contributed by atoms with van der Waals surface area (Å²) in [6.45, 7) is 5.50. The van der Waals surface area contributed by atoms with Gasteiger partial charge in [0.1, 0.15) is 23.7 Å². The van der Waals surface area contributed by atoms with Gasteiger partial charge in [0.05, 0.1) is 4.92 Å². The Kier molecular flexibility index (Phi) is 5.88. The molecule has 0 spiro atoms. The third-order valence-corrected chi connectivity index (χ3v) is 3.92. The first-order chi connectivity index (χ1) is 12.6. The summed E-state index contributed by atoms with van der Waals surface area (Å²) in [5.41, 5.74) is 0.890.